The van der Waals surface area contributed by atoms with Crippen LogP contribution in [0, 0.1) is 5.92 Å². The molecule has 0 heterocycles. The maximum atomic E-state index is 8.95. The Balaban J connectivity index is 2.27. The van der Waals surface area contributed by atoms with E-state index >= 15 is 0 Å². The molecule has 3 N–H and O–H groups in total. The molecule has 14 heavy (non-hydrogen) atoms. The highest BCUT2D eigenvalue weighted by Crippen LogP contribution is 2.26. The minimum absolute atomic E-state index is 0.0214. The summed E-state index contributed by atoms with van der Waals surface area (Å²) in [6, 6.07) is 0.270. The summed E-state index contributed by atoms with van der Waals surface area (Å²) in [5.74, 6) is 0.726. The minimum Gasteiger partial charge on any atom is -0.395 e. The molecule has 1 aliphatic rings. The summed E-state index contributed by atoms with van der Waals surface area (Å²) in [4.78, 5) is 0. The van der Waals surface area contributed by atoms with Gasteiger partial charge in [0.15, 0.2) is 0 Å². The van der Waals surface area contributed by atoms with Gasteiger partial charge in [0.2, 0.25) is 0 Å². The average molecular weight is 201 g/mol. The van der Waals surface area contributed by atoms with Crippen LogP contribution in [0.25, 0.3) is 0 Å². The molecule has 0 saturated heterocycles. The van der Waals surface area contributed by atoms with Crippen molar-refractivity contribution in [2.45, 2.75) is 51.1 Å². The maximum absolute atomic E-state index is 8.95. The van der Waals surface area contributed by atoms with E-state index in [1.807, 2.05) is 0 Å². The molecule has 0 aromatic heterocycles. The van der Waals surface area contributed by atoms with Gasteiger partial charge in [-0.3, -0.25) is 0 Å². The third kappa shape index (κ3) is 3.56. The van der Waals surface area contributed by atoms with Crippen molar-refractivity contribution in [2.24, 2.45) is 5.92 Å². The predicted molar refractivity (Wildman–Crippen MR) is 57.1 cm³/mol. The molecule has 0 aromatic rings. The minimum atomic E-state index is -0.146. The molecule has 3 nitrogen and oxygen atoms in total. The van der Waals surface area contributed by atoms with E-state index in [1.54, 1.807) is 0 Å². The summed E-state index contributed by atoms with van der Waals surface area (Å²) in [5, 5.41) is 21.2. The highest BCUT2D eigenvalue weighted by molar-refractivity contribution is 4.78. The molecule has 1 rings (SSSR count). The van der Waals surface area contributed by atoms with Gasteiger partial charge in [-0.25, -0.2) is 0 Å². The Morgan fingerprint density at radius 2 is 1.71 bits per heavy atom. The summed E-state index contributed by atoms with van der Waals surface area (Å²) >= 11 is 0. The molecular formula is C11H23NO2. The summed E-state index contributed by atoms with van der Waals surface area (Å²) in [7, 11) is 0. The summed E-state index contributed by atoms with van der Waals surface area (Å²) < 4.78 is 0. The number of hydrogen-bond donors (Lipinski definition) is 3. The van der Waals surface area contributed by atoms with Gasteiger partial charge in [-0.2, -0.15) is 0 Å². The van der Waals surface area contributed by atoms with Crippen molar-refractivity contribution in [3.8, 4) is 0 Å². The third-order valence-corrected chi connectivity index (χ3v) is 3.30. The monoisotopic (exact) mass is 201 g/mol. The van der Waals surface area contributed by atoms with E-state index in [0.29, 0.717) is 6.04 Å². The zero-order chi connectivity index (χ0) is 10.4. The van der Waals surface area contributed by atoms with Gasteiger partial charge in [0, 0.05) is 6.04 Å². The molecule has 1 fully saturated rings. The van der Waals surface area contributed by atoms with Crippen LogP contribution in [0.1, 0.15) is 39.0 Å². The first-order chi connectivity index (χ1) is 6.77. The van der Waals surface area contributed by atoms with Crippen molar-refractivity contribution >= 4 is 0 Å². The SMILES string of the molecule is C[C@H](NC(CO)CO)C1CCCCC1. The van der Waals surface area contributed by atoms with E-state index in [0.717, 1.165) is 5.92 Å². The van der Waals surface area contributed by atoms with Crippen molar-refractivity contribution < 1.29 is 10.2 Å². The Bertz CT molecular complexity index is 142. The van der Waals surface area contributed by atoms with E-state index in [-0.39, 0.29) is 19.3 Å². The van der Waals surface area contributed by atoms with Crippen LogP contribution >= 0.6 is 0 Å². The summed E-state index contributed by atoms with van der Waals surface area (Å²) in [6.45, 7) is 2.20. The van der Waals surface area contributed by atoms with Crippen LogP contribution in [0.15, 0.2) is 0 Å². The first-order valence-electron chi connectivity index (χ1n) is 5.75. The van der Waals surface area contributed by atoms with Gasteiger partial charge in [-0.1, -0.05) is 19.3 Å². The molecule has 1 saturated carbocycles. The van der Waals surface area contributed by atoms with Crippen LogP contribution in [0.2, 0.25) is 0 Å². The molecule has 0 radical (unpaired) electrons. The lowest BCUT2D eigenvalue weighted by molar-refractivity contribution is 0.148. The molecule has 0 bridgehead atoms. The van der Waals surface area contributed by atoms with E-state index in [2.05, 4.69) is 12.2 Å². The summed E-state index contributed by atoms with van der Waals surface area (Å²) in [5.41, 5.74) is 0. The number of nitrogens with one attached hydrogen (secondary N) is 1. The van der Waals surface area contributed by atoms with Gasteiger partial charge in [-0.15, -0.1) is 0 Å². The molecular weight excluding hydrogens is 178 g/mol. The number of hydrogen-bond acceptors (Lipinski definition) is 3. The van der Waals surface area contributed by atoms with Gasteiger partial charge in [0.05, 0.1) is 19.3 Å². The first-order valence-corrected chi connectivity index (χ1v) is 5.75. The topological polar surface area (TPSA) is 52.5 Å². The fraction of sp³-hybridized carbons (Fsp3) is 1.00. The Morgan fingerprint density at radius 3 is 2.21 bits per heavy atom. The molecule has 84 valence electrons. The van der Waals surface area contributed by atoms with Crippen molar-refractivity contribution in [1.82, 2.24) is 5.32 Å². The molecule has 0 spiro atoms. The van der Waals surface area contributed by atoms with Gasteiger partial charge in [0.25, 0.3) is 0 Å². The summed E-state index contributed by atoms with van der Waals surface area (Å²) in [6.07, 6.45) is 6.61. The van der Waals surface area contributed by atoms with Gasteiger partial charge >= 0.3 is 0 Å². The third-order valence-electron chi connectivity index (χ3n) is 3.30. The maximum Gasteiger partial charge on any atom is 0.0607 e. The van der Waals surface area contributed by atoms with E-state index < -0.39 is 0 Å². The van der Waals surface area contributed by atoms with Gasteiger partial charge in [-0.05, 0) is 25.7 Å². The predicted octanol–water partition coefficient (Wildman–Crippen LogP) is 0.898. The number of aliphatic hydroxyl groups excluding tert-OH is 2. The average Bonchev–Trinajstić information content (AvgIpc) is 2.26. The molecule has 0 unspecified atom stereocenters. The lowest BCUT2D eigenvalue weighted by Crippen LogP contribution is -2.45. The fourth-order valence-corrected chi connectivity index (χ4v) is 2.31. The largest absolute Gasteiger partial charge is 0.395 e. The van der Waals surface area contributed by atoms with Crippen LogP contribution in [0.5, 0.6) is 0 Å². The van der Waals surface area contributed by atoms with E-state index in [4.69, 9.17) is 10.2 Å². The lowest BCUT2D eigenvalue weighted by Gasteiger charge is -2.30. The highest BCUT2D eigenvalue weighted by atomic mass is 16.3. The van der Waals surface area contributed by atoms with Crippen LogP contribution in [-0.2, 0) is 0 Å². The standard InChI is InChI=1S/C11H23NO2/c1-9(12-11(7-13)8-14)10-5-3-2-4-6-10/h9-14H,2-8H2,1H3/t9-/m0/s1. The molecule has 1 atom stereocenters. The van der Waals surface area contributed by atoms with Crippen molar-refractivity contribution in [3.63, 3.8) is 0 Å². The Kier molecular flexibility index (Phi) is 5.45. The Morgan fingerprint density at radius 1 is 1.14 bits per heavy atom. The van der Waals surface area contributed by atoms with Crippen LogP contribution in [0.4, 0.5) is 0 Å². The molecule has 0 aromatic carbocycles. The molecule has 0 aliphatic heterocycles. The zero-order valence-electron chi connectivity index (χ0n) is 9.08. The van der Waals surface area contributed by atoms with E-state index in [9.17, 15) is 0 Å². The van der Waals surface area contributed by atoms with Gasteiger partial charge in [0.1, 0.15) is 0 Å². The second-order valence-corrected chi connectivity index (χ2v) is 4.42. The molecule has 1 aliphatic carbocycles. The number of aliphatic hydroxyl groups is 2. The highest BCUT2D eigenvalue weighted by Gasteiger charge is 2.21. The Labute approximate surface area is 86.5 Å². The van der Waals surface area contributed by atoms with Gasteiger partial charge < -0.3 is 15.5 Å². The normalized spacial score (nSPS) is 21.4. The quantitative estimate of drug-likeness (QED) is 0.619. The van der Waals surface area contributed by atoms with Crippen LogP contribution in [0.3, 0.4) is 0 Å². The molecule has 3 heteroatoms. The first kappa shape index (κ1) is 12.0. The second-order valence-electron chi connectivity index (χ2n) is 4.42. The zero-order valence-corrected chi connectivity index (χ0v) is 9.08. The fourth-order valence-electron chi connectivity index (χ4n) is 2.31. The smallest absolute Gasteiger partial charge is 0.0607 e. The van der Waals surface area contributed by atoms with Crippen molar-refractivity contribution in [1.29, 1.82) is 0 Å². The molecule has 0 amide bonds. The van der Waals surface area contributed by atoms with Crippen molar-refractivity contribution in [2.75, 3.05) is 13.2 Å². The van der Waals surface area contributed by atoms with Crippen LogP contribution in [-0.4, -0.2) is 35.5 Å². The van der Waals surface area contributed by atoms with Crippen LogP contribution < -0.4 is 5.32 Å². The Hall–Kier alpha value is -0.120. The second kappa shape index (κ2) is 6.38. The van der Waals surface area contributed by atoms with Crippen molar-refractivity contribution in [3.05, 3.63) is 0 Å². The lowest BCUT2D eigenvalue weighted by atomic mass is 9.84. The van der Waals surface area contributed by atoms with E-state index in [1.165, 1.54) is 32.1 Å². The number of rotatable bonds is 5.